The van der Waals surface area contributed by atoms with Gasteiger partial charge in [0.05, 0.1) is 5.92 Å². The molecule has 0 radical (unpaired) electrons. The van der Waals surface area contributed by atoms with E-state index in [9.17, 15) is 0 Å². The van der Waals surface area contributed by atoms with Gasteiger partial charge in [-0.3, -0.25) is 4.98 Å². The van der Waals surface area contributed by atoms with Crippen molar-refractivity contribution < 1.29 is 4.52 Å². The monoisotopic (exact) mass is 310 g/mol. The molecule has 0 amide bonds. The number of nitrogens with zero attached hydrogens (tertiary/aromatic N) is 3. The van der Waals surface area contributed by atoms with Crippen LogP contribution in [0, 0.1) is 5.92 Å². The van der Waals surface area contributed by atoms with Gasteiger partial charge in [0, 0.05) is 17.2 Å². The summed E-state index contributed by atoms with van der Waals surface area (Å²) in [5.74, 6) is 1.52. The predicted octanol–water partition coefficient (Wildman–Crippen LogP) is 2.59. The van der Waals surface area contributed by atoms with Gasteiger partial charge in [0.1, 0.15) is 5.69 Å². The Kier molecular flexibility index (Phi) is 4.08. The first-order chi connectivity index (χ1) is 8.61. The fraction of sp³-hybridized carbons (Fsp3) is 0.417. The van der Waals surface area contributed by atoms with E-state index in [2.05, 4.69) is 44.9 Å². The zero-order chi connectivity index (χ0) is 13.1. The molecular formula is C12H15BrN4O. The lowest BCUT2D eigenvalue weighted by Gasteiger charge is -2.13. The van der Waals surface area contributed by atoms with Gasteiger partial charge in [-0.15, -0.1) is 0 Å². The van der Waals surface area contributed by atoms with Crippen LogP contribution in [-0.2, 0) is 0 Å². The van der Waals surface area contributed by atoms with Crippen LogP contribution < -0.4 is 5.73 Å². The van der Waals surface area contributed by atoms with E-state index in [1.807, 2.05) is 12.1 Å². The van der Waals surface area contributed by atoms with E-state index in [1.165, 1.54) is 0 Å². The molecule has 5 nitrogen and oxygen atoms in total. The van der Waals surface area contributed by atoms with Crippen molar-refractivity contribution in [3.8, 4) is 11.5 Å². The molecule has 0 aliphatic rings. The van der Waals surface area contributed by atoms with Crippen LogP contribution in [-0.4, -0.2) is 21.7 Å². The van der Waals surface area contributed by atoms with Gasteiger partial charge in [-0.2, -0.15) is 4.98 Å². The largest absolute Gasteiger partial charge is 0.339 e. The summed E-state index contributed by atoms with van der Waals surface area (Å²) in [6.07, 6.45) is 1.70. The predicted molar refractivity (Wildman–Crippen MR) is 71.9 cm³/mol. The molecule has 1 atom stereocenters. The maximum absolute atomic E-state index is 5.72. The summed E-state index contributed by atoms with van der Waals surface area (Å²) in [5, 5.41) is 3.95. The fourth-order valence-electron chi connectivity index (χ4n) is 1.66. The molecule has 18 heavy (non-hydrogen) atoms. The standard InChI is InChI=1S/C12H15BrN4O/c1-7(2)9(5-14)12-16-11(17-18-12)10-4-3-8(13)6-15-10/h3-4,6-7,9H,5,14H2,1-2H3. The van der Waals surface area contributed by atoms with Crippen LogP contribution in [0.3, 0.4) is 0 Å². The third-order valence-corrected chi connectivity index (χ3v) is 3.24. The second-order valence-corrected chi connectivity index (χ2v) is 5.32. The molecule has 0 aliphatic carbocycles. The average molecular weight is 311 g/mol. The Morgan fingerprint density at radius 3 is 2.72 bits per heavy atom. The maximum atomic E-state index is 5.72. The molecule has 0 bridgehead atoms. The van der Waals surface area contributed by atoms with Crippen LogP contribution in [0.4, 0.5) is 0 Å². The third-order valence-electron chi connectivity index (χ3n) is 2.77. The highest BCUT2D eigenvalue weighted by Crippen LogP contribution is 2.24. The van der Waals surface area contributed by atoms with Gasteiger partial charge >= 0.3 is 0 Å². The van der Waals surface area contributed by atoms with E-state index in [4.69, 9.17) is 10.3 Å². The van der Waals surface area contributed by atoms with Crippen LogP contribution in [0.1, 0.15) is 25.7 Å². The summed E-state index contributed by atoms with van der Waals surface area (Å²) >= 11 is 3.33. The normalized spacial score (nSPS) is 12.9. The number of rotatable bonds is 4. The van der Waals surface area contributed by atoms with Crippen molar-refractivity contribution in [2.24, 2.45) is 11.7 Å². The summed E-state index contributed by atoms with van der Waals surface area (Å²) in [6.45, 7) is 4.66. The van der Waals surface area contributed by atoms with Crippen molar-refractivity contribution in [2.45, 2.75) is 19.8 Å². The van der Waals surface area contributed by atoms with Crippen molar-refractivity contribution in [3.63, 3.8) is 0 Å². The molecule has 0 aromatic carbocycles. The zero-order valence-electron chi connectivity index (χ0n) is 10.3. The van der Waals surface area contributed by atoms with Crippen LogP contribution in [0.15, 0.2) is 27.3 Å². The van der Waals surface area contributed by atoms with E-state index < -0.39 is 0 Å². The van der Waals surface area contributed by atoms with E-state index >= 15 is 0 Å². The minimum Gasteiger partial charge on any atom is -0.339 e. The molecule has 96 valence electrons. The van der Waals surface area contributed by atoms with Crippen LogP contribution in [0.25, 0.3) is 11.5 Å². The minimum absolute atomic E-state index is 0.0849. The maximum Gasteiger partial charge on any atom is 0.231 e. The van der Waals surface area contributed by atoms with E-state index in [0.29, 0.717) is 29.9 Å². The number of hydrogen-bond donors (Lipinski definition) is 1. The minimum atomic E-state index is 0.0849. The van der Waals surface area contributed by atoms with E-state index in [-0.39, 0.29) is 5.92 Å². The lowest BCUT2D eigenvalue weighted by Crippen LogP contribution is -2.18. The van der Waals surface area contributed by atoms with Gasteiger partial charge in [0.2, 0.25) is 11.7 Å². The quantitative estimate of drug-likeness (QED) is 0.939. The molecule has 2 aromatic heterocycles. The van der Waals surface area contributed by atoms with Crippen molar-refractivity contribution in [2.75, 3.05) is 6.54 Å². The summed E-state index contributed by atoms with van der Waals surface area (Å²) in [5.41, 5.74) is 6.41. The van der Waals surface area contributed by atoms with E-state index in [0.717, 1.165) is 4.47 Å². The fourth-order valence-corrected chi connectivity index (χ4v) is 1.89. The second kappa shape index (κ2) is 5.58. The van der Waals surface area contributed by atoms with Gasteiger partial charge in [-0.25, -0.2) is 0 Å². The summed E-state index contributed by atoms with van der Waals surface area (Å²) in [4.78, 5) is 8.60. The highest BCUT2D eigenvalue weighted by molar-refractivity contribution is 9.10. The van der Waals surface area contributed by atoms with Gasteiger partial charge in [-0.05, 0) is 34.0 Å². The number of nitrogens with two attached hydrogens (primary N) is 1. The first kappa shape index (κ1) is 13.2. The second-order valence-electron chi connectivity index (χ2n) is 4.40. The molecule has 6 heteroatoms. The molecule has 0 saturated heterocycles. The lowest BCUT2D eigenvalue weighted by molar-refractivity contribution is 0.324. The summed E-state index contributed by atoms with van der Waals surface area (Å²) in [7, 11) is 0. The highest BCUT2D eigenvalue weighted by atomic mass is 79.9. The van der Waals surface area contributed by atoms with Gasteiger partial charge < -0.3 is 10.3 Å². The molecule has 2 rings (SSSR count). The topological polar surface area (TPSA) is 77.8 Å². The third kappa shape index (κ3) is 2.76. The van der Waals surface area contributed by atoms with Crippen LogP contribution in [0.5, 0.6) is 0 Å². The van der Waals surface area contributed by atoms with Crippen LogP contribution >= 0.6 is 15.9 Å². The van der Waals surface area contributed by atoms with Crippen molar-refractivity contribution in [1.29, 1.82) is 0 Å². The lowest BCUT2D eigenvalue weighted by atomic mass is 9.96. The Balaban J connectivity index is 2.27. The van der Waals surface area contributed by atoms with Crippen molar-refractivity contribution >= 4 is 15.9 Å². The number of pyridine rings is 1. The smallest absolute Gasteiger partial charge is 0.231 e. The summed E-state index contributed by atoms with van der Waals surface area (Å²) < 4.78 is 6.18. The molecule has 2 heterocycles. The molecule has 0 saturated carbocycles. The molecule has 2 N–H and O–H groups in total. The summed E-state index contributed by atoms with van der Waals surface area (Å²) in [6, 6.07) is 3.73. The first-order valence-electron chi connectivity index (χ1n) is 5.77. The number of aromatic nitrogens is 3. The van der Waals surface area contributed by atoms with E-state index in [1.54, 1.807) is 6.20 Å². The Morgan fingerprint density at radius 1 is 1.39 bits per heavy atom. The Bertz CT molecular complexity index is 509. The molecular weight excluding hydrogens is 296 g/mol. The Hall–Kier alpha value is -1.27. The van der Waals surface area contributed by atoms with Crippen molar-refractivity contribution in [3.05, 3.63) is 28.7 Å². The Morgan fingerprint density at radius 2 is 2.17 bits per heavy atom. The average Bonchev–Trinajstić information content (AvgIpc) is 2.80. The molecule has 1 unspecified atom stereocenters. The highest BCUT2D eigenvalue weighted by Gasteiger charge is 2.21. The first-order valence-corrected chi connectivity index (χ1v) is 6.56. The van der Waals surface area contributed by atoms with Gasteiger partial charge in [0.25, 0.3) is 0 Å². The zero-order valence-corrected chi connectivity index (χ0v) is 11.9. The van der Waals surface area contributed by atoms with Gasteiger partial charge in [-0.1, -0.05) is 19.0 Å². The number of hydrogen-bond acceptors (Lipinski definition) is 5. The SMILES string of the molecule is CC(C)C(CN)c1nc(-c2ccc(Br)cn2)no1. The molecule has 0 spiro atoms. The molecule has 0 aliphatic heterocycles. The number of halogens is 1. The molecule has 2 aromatic rings. The Labute approximate surface area is 114 Å². The van der Waals surface area contributed by atoms with Crippen molar-refractivity contribution in [1.82, 2.24) is 15.1 Å². The molecule has 0 fully saturated rings. The van der Waals surface area contributed by atoms with Crippen LogP contribution in [0.2, 0.25) is 0 Å². The van der Waals surface area contributed by atoms with Gasteiger partial charge in [0.15, 0.2) is 0 Å².